The number of halogens is 2. The molecular formula is C9H8ClFO2. The SMILES string of the molecule is CC(Oc1cccc(F)c1)C(=O)Cl. The molecule has 0 bridgehead atoms. The fourth-order valence-electron chi connectivity index (χ4n) is 0.791. The Hall–Kier alpha value is -1.09. The maximum absolute atomic E-state index is 12.6. The molecule has 13 heavy (non-hydrogen) atoms. The second kappa shape index (κ2) is 4.23. The van der Waals surface area contributed by atoms with Gasteiger partial charge in [0, 0.05) is 6.07 Å². The zero-order valence-electron chi connectivity index (χ0n) is 6.96. The molecule has 1 atom stereocenters. The van der Waals surface area contributed by atoms with Crippen molar-refractivity contribution in [3.63, 3.8) is 0 Å². The van der Waals surface area contributed by atoms with E-state index in [4.69, 9.17) is 16.3 Å². The van der Waals surface area contributed by atoms with Gasteiger partial charge in [-0.25, -0.2) is 4.39 Å². The molecule has 0 amide bonds. The Morgan fingerprint density at radius 1 is 1.62 bits per heavy atom. The normalized spacial score (nSPS) is 12.2. The summed E-state index contributed by atoms with van der Waals surface area (Å²) >= 11 is 5.16. The first kappa shape index (κ1) is 9.99. The van der Waals surface area contributed by atoms with Crippen LogP contribution >= 0.6 is 11.6 Å². The molecule has 0 saturated heterocycles. The van der Waals surface area contributed by atoms with Crippen molar-refractivity contribution in [2.24, 2.45) is 0 Å². The van der Waals surface area contributed by atoms with E-state index in [2.05, 4.69) is 0 Å². The summed E-state index contributed by atoms with van der Waals surface area (Å²) in [4.78, 5) is 10.6. The summed E-state index contributed by atoms with van der Waals surface area (Å²) in [5.41, 5.74) is 0. The molecule has 0 aliphatic carbocycles. The van der Waals surface area contributed by atoms with E-state index >= 15 is 0 Å². The highest BCUT2D eigenvalue weighted by molar-refractivity contribution is 6.64. The van der Waals surface area contributed by atoms with E-state index in [0.29, 0.717) is 5.75 Å². The molecule has 2 nitrogen and oxygen atoms in total. The highest BCUT2D eigenvalue weighted by Crippen LogP contribution is 2.14. The van der Waals surface area contributed by atoms with Gasteiger partial charge in [-0.3, -0.25) is 4.79 Å². The van der Waals surface area contributed by atoms with Gasteiger partial charge in [0.05, 0.1) is 0 Å². The van der Waals surface area contributed by atoms with E-state index in [9.17, 15) is 9.18 Å². The number of rotatable bonds is 3. The predicted octanol–water partition coefficient (Wildman–Crippen LogP) is 2.36. The van der Waals surface area contributed by atoms with Crippen LogP contribution in [0.4, 0.5) is 4.39 Å². The van der Waals surface area contributed by atoms with Crippen LogP contribution in [0.3, 0.4) is 0 Å². The van der Waals surface area contributed by atoms with Crippen molar-refractivity contribution in [2.45, 2.75) is 13.0 Å². The first-order valence-electron chi connectivity index (χ1n) is 3.71. The Labute approximate surface area is 80.3 Å². The lowest BCUT2D eigenvalue weighted by molar-refractivity contribution is -0.117. The molecule has 0 heterocycles. The molecule has 1 aromatic rings. The topological polar surface area (TPSA) is 26.3 Å². The number of carbonyl (C=O) groups is 1. The first-order chi connectivity index (χ1) is 6.09. The summed E-state index contributed by atoms with van der Waals surface area (Å²) in [6, 6.07) is 5.53. The summed E-state index contributed by atoms with van der Waals surface area (Å²) in [5.74, 6) is -0.117. The number of ether oxygens (including phenoxy) is 1. The summed E-state index contributed by atoms with van der Waals surface area (Å²) < 4.78 is 17.7. The molecule has 70 valence electrons. The van der Waals surface area contributed by atoms with Gasteiger partial charge in [-0.1, -0.05) is 6.07 Å². The lowest BCUT2D eigenvalue weighted by atomic mass is 10.3. The molecular weight excluding hydrogens is 195 g/mol. The van der Waals surface area contributed by atoms with Crippen molar-refractivity contribution in [3.05, 3.63) is 30.1 Å². The Morgan fingerprint density at radius 3 is 2.85 bits per heavy atom. The standard InChI is InChI=1S/C9H8ClFO2/c1-6(9(10)12)13-8-4-2-3-7(11)5-8/h2-6H,1H3. The van der Waals surface area contributed by atoms with Crippen molar-refractivity contribution in [2.75, 3.05) is 0 Å². The van der Waals surface area contributed by atoms with Crippen molar-refractivity contribution in [3.8, 4) is 5.75 Å². The molecule has 0 N–H and O–H groups in total. The van der Waals surface area contributed by atoms with Crippen LogP contribution in [0.5, 0.6) is 5.75 Å². The average Bonchev–Trinajstić information content (AvgIpc) is 2.04. The van der Waals surface area contributed by atoms with Crippen molar-refractivity contribution < 1.29 is 13.9 Å². The first-order valence-corrected chi connectivity index (χ1v) is 4.09. The largest absolute Gasteiger partial charge is 0.481 e. The van der Waals surface area contributed by atoms with Crippen LogP contribution in [0.2, 0.25) is 0 Å². The second-order valence-electron chi connectivity index (χ2n) is 2.52. The van der Waals surface area contributed by atoms with Gasteiger partial charge in [-0.2, -0.15) is 0 Å². The molecule has 0 radical (unpaired) electrons. The summed E-state index contributed by atoms with van der Waals surface area (Å²) in [7, 11) is 0. The van der Waals surface area contributed by atoms with Gasteiger partial charge in [-0.05, 0) is 30.7 Å². The second-order valence-corrected chi connectivity index (χ2v) is 2.89. The molecule has 0 fully saturated rings. The Morgan fingerprint density at radius 2 is 2.31 bits per heavy atom. The zero-order chi connectivity index (χ0) is 9.84. The average molecular weight is 203 g/mol. The van der Waals surface area contributed by atoms with Gasteiger partial charge in [0.25, 0.3) is 5.24 Å². The minimum atomic E-state index is -0.761. The van der Waals surface area contributed by atoms with Crippen LogP contribution in [0.25, 0.3) is 0 Å². The van der Waals surface area contributed by atoms with E-state index < -0.39 is 17.2 Å². The van der Waals surface area contributed by atoms with Crippen LogP contribution < -0.4 is 4.74 Å². The molecule has 0 aromatic heterocycles. The number of carbonyl (C=O) groups excluding carboxylic acids is 1. The van der Waals surface area contributed by atoms with E-state index in [-0.39, 0.29) is 0 Å². The molecule has 0 aliphatic heterocycles. The molecule has 4 heteroatoms. The Kier molecular flexibility index (Phi) is 3.25. The molecule has 1 aromatic carbocycles. The van der Waals surface area contributed by atoms with E-state index in [1.165, 1.54) is 25.1 Å². The van der Waals surface area contributed by atoms with E-state index in [1.54, 1.807) is 6.07 Å². The maximum atomic E-state index is 12.6. The van der Waals surface area contributed by atoms with Gasteiger partial charge in [0.15, 0.2) is 6.10 Å². The number of hydrogen-bond acceptors (Lipinski definition) is 2. The third-order valence-corrected chi connectivity index (χ3v) is 1.74. The van der Waals surface area contributed by atoms with E-state index in [1.807, 2.05) is 0 Å². The van der Waals surface area contributed by atoms with E-state index in [0.717, 1.165) is 0 Å². The van der Waals surface area contributed by atoms with Crippen molar-refractivity contribution in [1.29, 1.82) is 0 Å². The lowest BCUT2D eigenvalue weighted by Gasteiger charge is -2.09. The fraction of sp³-hybridized carbons (Fsp3) is 0.222. The molecule has 1 unspecified atom stereocenters. The minimum Gasteiger partial charge on any atom is -0.481 e. The Bertz CT molecular complexity index is 314. The highest BCUT2D eigenvalue weighted by atomic mass is 35.5. The summed E-state index contributed by atoms with van der Waals surface area (Å²) in [6.45, 7) is 1.50. The maximum Gasteiger partial charge on any atom is 0.262 e. The Balaban J connectivity index is 2.69. The van der Waals surface area contributed by atoms with Crippen molar-refractivity contribution >= 4 is 16.8 Å². The van der Waals surface area contributed by atoms with Gasteiger partial charge >= 0.3 is 0 Å². The van der Waals surface area contributed by atoms with Gasteiger partial charge in [0.2, 0.25) is 0 Å². The predicted molar refractivity (Wildman–Crippen MR) is 47.4 cm³/mol. The van der Waals surface area contributed by atoms with Crippen molar-refractivity contribution in [1.82, 2.24) is 0 Å². The fourth-order valence-corrected chi connectivity index (χ4v) is 0.835. The van der Waals surface area contributed by atoms with Crippen LogP contribution in [-0.2, 0) is 4.79 Å². The highest BCUT2D eigenvalue weighted by Gasteiger charge is 2.11. The van der Waals surface area contributed by atoms with Crippen LogP contribution in [0.1, 0.15) is 6.92 Å². The smallest absolute Gasteiger partial charge is 0.262 e. The third-order valence-electron chi connectivity index (χ3n) is 1.43. The van der Waals surface area contributed by atoms with Crippen LogP contribution in [-0.4, -0.2) is 11.3 Å². The molecule has 1 rings (SSSR count). The summed E-state index contributed by atoms with van der Waals surface area (Å²) in [6.07, 6.45) is -0.761. The monoisotopic (exact) mass is 202 g/mol. The minimum absolute atomic E-state index is 0.293. The zero-order valence-corrected chi connectivity index (χ0v) is 7.72. The quantitative estimate of drug-likeness (QED) is 0.704. The third kappa shape index (κ3) is 3.03. The lowest BCUT2D eigenvalue weighted by Crippen LogP contribution is -2.18. The molecule has 0 saturated carbocycles. The van der Waals surface area contributed by atoms with Crippen LogP contribution in [0, 0.1) is 5.82 Å². The molecule has 0 aliphatic rings. The van der Waals surface area contributed by atoms with Crippen LogP contribution in [0.15, 0.2) is 24.3 Å². The van der Waals surface area contributed by atoms with Gasteiger partial charge in [0.1, 0.15) is 11.6 Å². The number of benzene rings is 1. The summed E-state index contributed by atoms with van der Waals surface area (Å²) in [5, 5.41) is -0.607. The van der Waals surface area contributed by atoms with Gasteiger partial charge < -0.3 is 4.74 Å². The molecule has 0 spiro atoms. The number of hydrogen-bond donors (Lipinski definition) is 0. The van der Waals surface area contributed by atoms with Gasteiger partial charge in [-0.15, -0.1) is 0 Å².